The van der Waals surface area contributed by atoms with Crippen LogP contribution in [0.4, 0.5) is 0 Å². The Morgan fingerprint density at radius 3 is 2.76 bits per heavy atom. The third-order valence-corrected chi connectivity index (χ3v) is 4.42. The van der Waals surface area contributed by atoms with Crippen LogP contribution >= 0.6 is 0 Å². The molecule has 5 heteroatoms. The quantitative estimate of drug-likeness (QED) is 0.850. The first-order chi connectivity index (χ1) is 12.1. The highest BCUT2D eigenvalue weighted by atomic mass is 16.5. The first kappa shape index (κ1) is 17.4. The van der Waals surface area contributed by atoms with Crippen LogP contribution in [-0.2, 0) is 22.4 Å². The summed E-state index contributed by atoms with van der Waals surface area (Å²) in [6.07, 6.45) is 3.85. The zero-order valence-electron chi connectivity index (χ0n) is 14.8. The molecule has 5 nitrogen and oxygen atoms in total. The summed E-state index contributed by atoms with van der Waals surface area (Å²) in [7, 11) is 0. The number of ether oxygens (including phenoxy) is 1. The van der Waals surface area contributed by atoms with Crippen LogP contribution in [0.3, 0.4) is 0 Å². The van der Waals surface area contributed by atoms with Gasteiger partial charge in [-0.25, -0.2) is 4.79 Å². The van der Waals surface area contributed by atoms with Gasteiger partial charge in [0.05, 0.1) is 11.1 Å². The number of carbonyl (C=O) groups is 2. The zero-order chi connectivity index (χ0) is 17.8. The molecule has 1 N–H and O–H groups in total. The third-order valence-electron chi connectivity index (χ3n) is 4.42. The molecular formula is C20H24N2O3. The van der Waals surface area contributed by atoms with Crippen LogP contribution in [0.15, 0.2) is 24.3 Å². The van der Waals surface area contributed by atoms with E-state index in [9.17, 15) is 9.59 Å². The molecule has 1 aliphatic carbocycles. The summed E-state index contributed by atoms with van der Waals surface area (Å²) < 4.78 is 5.32. The van der Waals surface area contributed by atoms with Gasteiger partial charge in [0.25, 0.3) is 5.91 Å². The Morgan fingerprint density at radius 1 is 1.20 bits per heavy atom. The lowest BCUT2D eigenvalue weighted by Gasteiger charge is -2.20. The van der Waals surface area contributed by atoms with E-state index in [0.717, 1.165) is 47.8 Å². The van der Waals surface area contributed by atoms with Gasteiger partial charge in [-0.1, -0.05) is 32.0 Å². The average molecular weight is 340 g/mol. The molecule has 132 valence electrons. The molecule has 0 radical (unpaired) electrons. The summed E-state index contributed by atoms with van der Waals surface area (Å²) in [5.74, 6) is -0.346. The van der Waals surface area contributed by atoms with Crippen LogP contribution < -0.4 is 5.32 Å². The number of rotatable bonds is 5. The van der Waals surface area contributed by atoms with E-state index in [1.54, 1.807) is 0 Å². The highest BCUT2D eigenvalue weighted by molar-refractivity contribution is 6.05. The molecule has 1 aromatic heterocycles. The van der Waals surface area contributed by atoms with Gasteiger partial charge in [0.2, 0.25) is 0 Å². The number of esters is 1. The van der Waals surface area contributed by atoms with Crippen molar-refractivity contribution in [2.45, 2.75) is 39.5 Å². The van der Waals surface area contributed by atoms with Crippen LogP contribution in [0.2, 0.25) is 0 Å². The molecule has 25 heavy (non-hydrogen) atoms. The van der Waals surface area contributed by atoms with Crippen LogP contribution in [-0.4, -0.2) is 30.0 Å². The number of hydrogen-bond acceptors (Lipinski definition) is 4. The second kappa shape index (κ2) is 7.64. The Bertz CT molecular complexity index is 799. The molecule has 0 bridgehead atoms. The topological polar surface area (TPSA) is 68.3 Å². The molecule has 0 fully saturated rings. The molecule has 1 aliphatic rings. The van der Waals surface area contributed by atoms with Crippen molar-refractivity contribution in [1.82, 2.24) is 10.3 Å². The van der Waals surface area contributed by atoms with Crippen molar-refractivity contribution in [3.05, 3.63) is 41.1 Å². The number of benzene rings is 1. The SMILES string of the molecule is CC(C)CNC(=O)COC(=O)c1c2c(nc3ccccc13)CCCC2. The first-order valence-electron chi connectivity index (χ1n) is 8.90. The second-order valence-corrected chi connectivity index (χ2v) is 6.91. The minimum absolute atomic E-state index is 0.253. The van der Waals surface area contributed by atoms with E-state index in [2.05, 4.69) is 5.32 Å². The maximum atomic E-state index is 12.7. The maximum absolute atomic E-state index is 12.7. The van der Waals surface area contributed by atoms with Crippen LogP contribution in [0.1, 0.15) is 48.3 Å². The molecule has 0 unspecified atom stereocenters. The van der Waals surface area contributed by atoms with Gasteiger partial charge in [-0.3, -0.25) is 9.78 Å². The van der Waals surface area contributed by atoms with Crippen molar-refractivity contribution in [3.8, 4) is 0 Å². The van der Waals surface area contributed by atoms with Gasteiger partial charge in [0.15, 0.2) is 6.61 Å². The van der Waals surface area contributed by atoms with E-state index in [1.165, 1.54) is 0 Å². The van der Waals surface area contributed by atoms with E-state index >= 15 is 0 Å². The Labute approximate surface area is 147 Å². The minimum atomic E-state index is -0.434. The summed E-state index contributed by atoms with van der Waals surface area (Å²) in [6.45, 7) is 4.35. The number of amides is 1. The summed E-state index contributed by atoms with van der Waals surface area (Å²) >= 11 is 0. The summed E-state index contributed by atoms with van der Waals surface area (Å²) in [5.41, 5.74) is 3.36. The first-order valence-corrected chi connectivity index (χ1v) is 8.90. The van der Waals surface area contributed by atoms with E-state index in [1.807, 2.05) is 38.1 Å². The maximum Gasteiger partial charge on any atom is 0.339 e. The van der Waals surface area contributed by atoms with Gasteiger partial charge < -0.3 is 10.1 Å². The largest absolute Gasteiger partial charge is 0.452 e. The fraction of sp³-hybridized carbons (Fsp3) is 0.450. The molecular weight excluding hydrogens is 316 g/mol. The number of hydrogen-bond donors (Lipinski definition) is 1. The Morgan fingerprint density at radius 2 is 1.96 bits per heavy atom. The van der Waals surface area contributed by atoms with Gasteiger partial charge in [-0.2, -0.15) is 0 Å². The van der Waals surface area contributed by atoms with E-state index < -0.39 is 5.97 Å². The molecule has 0 atom stereocenters. The zero-order valence-corrected chi connectivity index (χ0v) is 14.8. The predicted octanol–water partition coefficient (Wildman–Crippen LogP) is 3.04. The Balaban J connectivity index is 1.84. The van der Waals surface area contributed by atoms with Crippen molar-refractivity contribution in [2.24, 2.45) is 5.92 Å². The molecule has 1 amide bonds. The number of aryl methyl sites for hydroxylation is 1. The van der Waals surface area contributed by atoms with Crippen molar-refractivity contribution in [1.29, 1.82) is 0 Å². The van der Waals surface area contributed by atoms with Crippen LogP contribution in [0, 0.1) is 5.92 Å². The van der Waals surface area contributed by atoms with Crippen molar-refractivity contribution >= 4 is 22.8 Å². The number of para-hydroxylation sites is 1. The van der Waals surface area contributed by atoms with E-state index in [-0.39, 0.29) is 12.5 Å². The molecule has 3 rings (SSSR count). The smallest absolute Gasteiger partial charge is 0.339 e. The highest BCUT2D eigenvalue weighted by Gasteiger charge is 2.24. The molecule has 0 saturated carbocycles. The van der Waals surface area contributed by atoms with Crippen LogP contribution in [0.5, 0.6) is 0 Å². The average Bonchev–Trinajstić information content (AvgIpc) is 2.62. The highest BCUT2D eigenvalue weighted by Crippen LogP contribution is 2.29. The standard InChI is InChI=1S/C20H24N2O3/c1-13(2)11-21-18(23)12-25-20(24)19-14-7-3-5-9-16(14)22-17-10-6-4-8-15(17)19/h3,5,7,9,13H,4,6,8,10-12H2,1-2H3,(H,21,23). The summed E-state index contributed by atoms with van der Waals surface area (Å²) in [6, 6.07) is 7.62. The molecule has 2 aromatic rings. The van der Waals surface area contributed by atoms with Crippen molar-refractivity contribution in [3.63, 3.8) is 0 Å². The second-order valence-electron chi connectivity index (χ2n) is 6.91. The molecule has 1 aromatic carbocycles. The van der Waals surface area contributed by atoms with Gasteiger partial charge in [0.1, 0.15) is 0 Å². The number of nitrogens with zero attached hydrogens (tertiary/aromatic N) is 1. The minimum Gasteiger partial charge on any atom is -0.452 e. The van der Waals surface area contributed by atoms with Gasteiger partial charge >= 0.3 is 5.97 Å². The van der Waals surface area contributed by atoms with Gasteiger partial charge in [-0.05, 0) is 43.2 Å². The summed E-state index contributed by atoms with van der Waals surface area (Å²) in [5, 5.41) is 3.56. The number of aromatic nitrogens is 1. The number of nitrogens with one attached hydrogen (secondary N) is 1. The lowest BCUT2D eigenvalue weighted by Crippen LogP contribution is -2.31. The fourth-order valence-electron chi connectivity index (χ4n) is 3.18. The van der Waals surface area contributed by atoms with E-state index in [4.69, 9.17) is 9.72 Å². The van der Waals surface area contributed by atoms with E-state index in [0.29, 0.717) is 18.0 Å². The molecule has 0 aliphatic heterocycles. The van der Waals surface area contributed by atoms with Crippen molar-refractivity contribution in [2.75, 3.05) is 13.2 Å². The van der Waals surface area contributed by atoms with Crippen LogP contribution in [0.25, 0.3) is 10.9 Å². The lowest BCUT2D eigenvalue weighted by atomic mass is 9.90. The number of pyridine rings is 1. The number of fused-ring (bicyclic) bond motifs is 2. The Hall–Kier alpha value is -2.43. The summed E-state index contributed by atoms with van der Waals surface area (Å²) in [4.78, 5) is 29.3. The monoisotopic (exact) mass is 340 g/mol. The fourth-order valence-corrected chi connectivity index (χ4v) is 3.18. The normalized spacial score (nSPS) is 13.6. The van der Waals surface area contributed by atoms with Gasteiger partial charge in [-0.15, -0.1) is 0 Å². The molecule has 1 heterocycles. The van der Waals surface area contributed by atoms with Crippen molar-refractivity contribution < 1.29 is 14.3 Å². The number of carbonyl (C=O) groups excluding carboxylic acids is 2. The molecule has 0 spiro atoms. The Kier molecular flexibility index (Phi) is 5.31. The molecule has 0 saturated heterocycles. The van der Waals surface area contributed by atoms with Gasteiger partial charge in [0, 0.05) is 17.6 Å². The lowest BCUT2D eigenvalue weighted by molar-refractivity contribution is -0.124. The third kappa shape index (κ3) is 3.98. The predicted molar refractivity (Wildman–Crippen MR) is 96.5 cm³/mol.